The van der Waals surface area contributed by atoms with E-state index in [0.29, 0.717) is 0 Å². The molecule has 19 heavy (non-hydrogen) atoms. The molecule has 0 aliphatic heterocycles. The van der Waals surface area contributed by atoms with Gasteiger partial charge in [0.15, 0.2) is 0 Å². The summed E-state index contributed by atoms with van der Waals surface area (Å²) >= 11 is 1.69. The minimum absolute atomic E-state index is 0.479. The molecule has 2 heteroatoms. The van der Waals surface area contributed by atoms with Crippen LogP contribution in [0.1, 0.15) is 57.7 Å². The Hall–Kier alpha value is -1.12. The maximum Gasteiger partial charge on any atom is 0.113 e. The average Bonchev–Trinajstić information content (AvgIpc) is 2.68. The Morgan fingerprint density at radius 3 is 2.32 bits per heavy atom. The van der Waals surface area contributed by atoms with Crippen molar-refractivity contribution in [2.45, 2.75) is 45.1 Å². The first-order valence-electron chi connectivity index (χ1n) is 7.00. The molecule has 1 aliphatic rings. The molecule has 1 saturated carbocycles. The number of aliphatic hydroxyl groups excluding tert-OH is 1. The molecule has 0 amide bonds. The van der Waals surface area contributed by atoms with Crippen LogP contribution < -0.4 is 0 Å². The van der Waals surface area contributed by atoms with E-state index in [1.807, 2.05) is 0 Å². The van der Waals surface area contributed by atoms with Crippen LogP contribution in [0.15, 0.2) is 30.3 Å². The molecule has 0 radical (unpaired) electrons. The normalized spacial score (nSPS) is 17.2. The summed E-state index contributed by atoms with van der Waals surface area (Å²) in [7, 11) is 0. The Labute approximate surface area is 118 Å². The van der Waals surface area contributed by atoms with Gasteiger partial charge in [-0.15, -0.1) is 11.3 Å². The second-order valence-corrected chi connectivity index (χ2v) is 6.87. The molecule has 1 unspecified atom stereocenters. The minimum Gasteiger partial charge on any atom is -0.383 e. The number of hydrogen-bond acceptors (Lipinski definition) is 2. The van der Waals surface area contributed by atoms with Gasteiger partial charge in [0, 0.05) is 9.75 Å². The summed E-state index contributed by atoms with van der Waals surface area (Å²) in [5, 5.41) is 10.4. The van der Waals surface area contributed by atoms with Crippen LogP contribution in [0.4, 0.5) is 0 Å². The number of thiophene rings is 1. The molecule has 1 nitrogen and oxygen atoms in total. The van der Waals surface area contributed by atoms with Gasteiger partial charge in [0.1, 0.15) is 6.10 Å². The van der Waals surface area contributed by atoms with Gasteiger partial charge in [0.25, 0.3) is 0 Å². The molecule has 0 saturated heterocycles. The molecule has 0 spiro atoms. The Morgan fingerprint density at radius 2 is 1.84 bits per heavy atom. The Morgan fingerprint density at radius 1 is 1.16 bits per heavy atom. The van der Waals surface area contributed by atoms with Crippen LogP contribution in [0.2, 0.25) is 0 Å². The van der Waals surface area contributed by atoms with Crippen LogP contribution in [0.3, 0.4) is 0 Å². The maximum absolute atomic E-state index is 10.4. The fourth-order valence-electron chi connectivity index (χ4n) is 2.59. The summed E-state index contributed by atoms with van der Waals surface area (Å²) in [4.78, 5) is 2.34. The fraction of sp³-hybridized carbons (Fsp3) is 0.412. The van der Waals surface area contributed by atoms with Crippen molar-refractivity contribution in [3.05, 3.63) is 56.8 Å². The van der Waals surface area contributed by atoms with E-state index in [2.05, 4.69) is 44.2 Å². The molecule has 1 heterocycles. The van der Waals surface area contributed by atoms with Gasteiger partial charge in [0.2, 0.25) is 0 Å². The van der Waals surface area contributed by atoms with Gasteiger partial charge < -0.3 is 5.11 Å². The first kappa shape index (κ1) is 12.9. The largest absolute Gasteiger partial charge is 0.383 e. The topological polar surface area (TPSA) is 20.2 Å². The van der Waals surface area contributed by atoms with Crippen molar-refractivity contribution in [1.29, 1.82) is 0 Å². The Balaban J connectivity index is 1.81. The van der Waals surface area contributed by atoms with Crippen molar-refractivity contribution in [1.82, 2.24) is 0 Å². The van der Waals surface area contributed by atoms with E-state index in [-0.39, 0.29) is 0 Å². The third-order valence-corrected chi connectivity index (χ3v) is 5.49. The first-order chi connectivity index (χ1) is 9.15. The van der Waals surface area contributed by atoms with Crippen LogP contribution in [0.5, 0.6) is 0 Å². The lowest BCUT2D eigenvalue weighted by molar-refractivity contribution is 0.224. The average molecular weight is 272 g/mol. The van der Waals surface area contributed by atoms with Crippen molar-refractivity contribution in [2.24, 2.45) is 0 Å². The summed E-state index contributed by atoms with van der Waals surface area (Å²) in [5.41, 5.74) is 3.70. The molecule has 1 aromatic heterocycles. The highest BCUT2D eigenvalue weighted by atomic mass is 32.1. The van der Waals surface area contributed by atoms with Crippen LogP contribution in [-0.2, 0) is 0 Å². The van der Waals surface area contributed by atoms with Gasteiger partial charge in [0.05, 0.1) is 0 Å². The van der Waals surface area contributed by atoms with Crippen molar-refractivity contribution in [2.75, 3.05) is 0 Å². The van der Waals surface area contributed by atoms with Gasteiger partial charge in [-0.2, -0.15) is 0 Å². The Bertz CT molecular complexity index is 544. The predicted molar refractivity (Wildman–Crippen MR) is 80.9 cm³/mol. The van der Waals surface area contributed by atoms with E-state index in [9.17, 15) is 5.11 Å². The molecule has 1 atom stereocenters. The first-order valence-corrected chi connectivity index (χ1v) is 7.81. The van der Waals surface area contributed by atoms with Crippen molar-refractivity contribution in [3.63, 3.8) is 0 Å². The van der Waals surface area contributed by atoms with E-state index in [1.54, 1.807) is 11.3 Å². The number of aliphatic hydroxyl groups is 1. The fourth-order valence-corrected chi connectivity index (χ4v) is 3.65. The summed E-state index contributed by atoms with van der Waals surface area (Å²) < 4.78 is 0. The van der Waals surface area contributed by atoms with E-state index >= 15 is 0 Å². The number of hydrogen-bond donors (Lipinski definition) is 1. The van der Waals surface area contributed by atoms with Crippen molar-refractivity contribution in [3.8, 4) is 0 Å². The highest BCUT2D eigenvalue weighted by molar-refractivity contribution is 7.12. The number of aryl methyl sites for hydroxylation is 2. The molecule has 1 aromatic carbocycles. The van der Waals surface area contributed by atoms with Crippen molar-refractivity contribution < 1.29 is 5.11 Å². The molecular weight excluding hydrogens is 252 g/mol. The number of rotatable bonds is 3. The van der Waals surface area contributed by atoms with E-state index in [0.717, 1.165) is 16.4 Å². The molecule has 1 fully saturated rings. The van der Waals surface area contributed by atoms with Gasteiger partial charge in [-0.1, -0.05) is 30.7 Å². The molecule has 0 bridgehead atoms. The minimum atomic E-state index is -0.479. The lowest BCUT2D eigenvalue weighted by Crippen LogP contribution is -2.08. The predicted octanol–water partition coefficient (Wildman–Crippen LogP) is 4.71. The zero-order valence-corrected chi connectivity index (χ0v) is 12.3. The van der Waals surface area contributed by atoms with Crippen LogP contribution in [-0.4, -0.2) is 5.11 Å². The Kier molecular flexibility index (Phi) is 3.46. The van der Waals surface area contributed by atoms with Crippen LogP contribution in [0, 0.1) is 13.8 Å². The van der Waals surface area contributed by atoms with Crippen molar-refractivity contribution >= 4 is 11.3 Å². The SMILES string of the molecule is Cc1cc(C(O)c2ccc(C3CCC3)cc2)sc1C. The molecule has 3 rings (SSSR count). The second-order valence-electron chi connectivity index (χ2n) is 5.58. The maximum atomic E-state index is 10.4. The lowest BCUT2D eigenvalue weighted by atomic mass is 9.80. The van der Waals surface area contributed by atoms with Crippen LogP contribution in [0.25, 0.3) is 0 Å². The van der Waals surface area contributed by atoms with Gasteiger partial charge in [-0.3, -0.25) is 0 Å². The molecule has 1 aliphatic carbocycles. The zero-order valence-electron chi connectivity index (χ0n) is 11.5. The van der Waals surface area contributed by atoms with Gasteiger partial charge >= 0.3 is 0 Å². The summed E-state index contributed by atoms with van der Waals surface area (Å²) in [6.07, 6.45) is 3.53. The second kappa shape index (κ2) is 5.10. The third-order valence-electron chi connectivity index (χ3n) is 4.28. The quantitative estimate of drug-likeness (QED) is 0.857. The molecular formula is C17H20OS. The molecule has 1 N–H and O–H groups in total. The smallest absolute Gasteiger partial charge is 0.113 e. The van der Waals surface area contributed by atoms with Crippen LogP contribution >= 0.6 is 11.3 Å². The van der Waals surface area contributed by atoms with Gasteiger partial charge in [-0.05, 0) is 55.4 Å². The highest BCUT2D eigenvalue weighted by Crippen LogP contribution is 2.37. The third kappa shape index (κ3) is 2.47. The molecule has 100 valence electrons. The summed E-state index contributed by atoms with van der Waals surface area (Å²) in [6, 6.07) is 10.7. The summed E-state index contributed by atoms with van der Waals surface area (Å²) in [5.74, 6) is 0.761. The van der Waals surface area contributed by atoms with E-state index in [4.69, 9.17) is 0 Å². The molecule has 2 aromatic rings. The van der Waals surface area contributed by atoms with Gasteiger partial charge in [-0.25, -0.2) is 0 Å². The van der Waals surface area contributed by atoms with E-state index < -0.39 is 6.10 Å². The zero-order chi connectivity index (χ0) is 13.4. The summed E-state index contributed by atoms with van der Waals surface area (Å²) in [6.45, 7) is 4.21. The lowest BCUT2D eigenvalue weighted by Gasteiger charge is -2.26. The van der Waals surface area contributed by atoms with E-state index in [1.165, 1.54) is 35.3 Å². The highest BCUT2D eigenvalue weighted by Gasteiger charge is 2.20. The standard InChI is InChI=1S/C17H20OS/c1-11-10-16(19-12(11)2)17(18)15-8-6-14(7-9-15)13-4-3-5-13/h6-10,13,17-18H,3-5H2,1-2H3. The monoisotopic (exact) mass is 272 g/mol. The number of benzene rings is 1.